The molecule has 0 radical (unpaired) electrons. The third-order valence-electron chi connectivity index (χ3n) is 3.69. The third kappa shape index (κ3) is 2.14. The summed E-state index contributed by atoms with van der Waals surface area (Å²) in [4.78, 5) is 24.1. The molecule has 1 saturated carbocycles. The molecule has 1 N–H and O–H groups in total. The zero-order valence-electron chi connectivity index (χ0n) is 11.1. The minimum Gasteiger partial charge on any atom is -0.495 e. The van der Waals surface area contributed by atoms with Gasteiger partial charge in [-0.15, -0.1) is 6.58 Å². The van der Waals surface area contributed by atoms with Crippen molar-refractivity contribution in [3.8, 4) is 5.75 Å². The van der Waals surface area contributed by atoms with Gasteiger partial charge in [-0.1, -0.05) is 18.2 Å². The lowest BCUT2D eigenvalue weighted by atomic mass is 9.97. The molecule has 1 aliphatic carbocycles. The minimum absolute atomic E-state index is 0.0697. The summed E-state index contributed by atoms with van der Waals surface area (Å²) in [6.45, 7) is 5.12. The largest absolute Gasteiger partial charge is 0.495 e. The Morgan fingerprint density at radius 1 is 1.47 bits per heavy atom. The zero-order chi connectivity index (χ0) is 14.0. The van der Waals surface area contributed by atoms with E-state index < -0.39 is 5.41 Å². The number of rotatable bonds is 5. The molecule has 0 bridgehead atoms. The first-order valence-corrected chi connectivity index (χ1v) is 6.14. The fourth-order valence-corrected chi connectivity index (χ4v) is 2.38. The van der Waals surface area contributed by atoms with Gasteiger partial charge in [0.15, 0.2) is 0 Å². The van der Waals surface area contributed by atoms with Gasteiger partial charge >= 0.3 is 0 Å². The van der Waals surface area contributed by atoms with Crippen molar-refractivity contribution in [1.82, 2.24) is 0 Å². The number of benzene rings is 1. The lowest BCUT2D eigenvalue weighted by molar-refractivity contribution is -0.132. The van der Waals surface area contributed by atoms with Crippen molar-refractivity contribution in [1.29, 1.82) is 0 Å². The van der Waals surface area contributed by atoms with Crippen LogP contribution in [0.25, 0.3) is 0 Å². The smallest absolute Gasteiger partial charge is 0.238 e. The van der Waals surface area contributed by atoms with E-state index in [9.17, 15) is 9.59 Å². The Bertz CT molecular complexity index is 538. The van der Waals surface area contributed by atoms with Gasteiger partial charge in [-0.3, -0.25) is 9.59 Å². The number of hydrogen-bond donors (Lipinski definition) is 1. The van der Waals surface area contributed by atoms with Gasteiger partial charge in [0.25, 0.3) is 0 Å². The zero-order valence-corrected chi connectivity index (χ0v) is 11.1. The molecule has 0 aromatic heterocycles. The molecular formula is C15H17NO3. The molecule has 1 amide bonds. The number of methoxy groups -OCH3 is 1. The highest BCUT2D eigenvalue weighted by Gasteiger charge is 2.62. The van der Waals surface area contributed by atoms with E-state index in [4.69, 9.17) is 4.74 Å². The quantitative estimate of drug-likeness (QED) is 0.652. The number of para-hydroxylation sites is 2. The molecule has 0 heterocycles. The molecule has 2 rings (SSSR count). The van der Waals surface area contributed by atoms with Gasteiger partial charge in [-0.25, -0.2) is 0 Å². The van der Waals surface area contributed by atoms with Crippen LogP contribution in [-0.2, 0) is 9.59 Å². The highest BCUT2D eigenvalue weighted by Crippen LogP contribution is 2.54. The highest BCUT2D eigenvalue weighted by atomic mass is 16.5. The molecule has 1 aromatic carbocycles. The number of nitrogens with one attached hydrogen (secondary N) is 1. The number of ketones is 1. The van der Waals surface area contributed by atoms with Crippen LogP contribution in [0.1, 0.15) is 13.3 Å². The van der Waals surface area contributed by atoms with Crippen LogP contribution in [0.2, 0.25) is 0 Å². The summed E-state index contributed by atoms with van der Waals surface area (Å²) in [7, 11) is 1.54. The standard InChI is InChI=1S/C15H17NO3/c1-4-11-9-15(11,10(2)17)14(18)16-12-7-5-6-8-13(12)19-3/h4-8,11H,1,9H2,2-3H3,(H,16,18). The summed E-state index contributed by atoms with van der Waals surface area (Å²) in [6.07, 6.45) is 2.20. The number of carbonyl (C=O) groups is 2. The van der Waals surface area contributed by atoms with Crippen LogP contribution >= 0.6 is 0 Å². The van der Waals surface area contributed by atoms with Crippen LogP contribution in [-0.4, -0.2) is 18.8 Å². The van der Waals surface area contributed by atoms with E-state index in [1.165, 1.54) is 14.0 Å². The Labute approximate surface area is 112 Å². The van der Waals surface area contributed by atoms with Gasteiger partial charge in [-0.2, -0.15) is 0 Å². The van der Waals surface area contributed by atoms with Crippen molar-refractivity contribution in [3.63, 3.8) is 0 Å². The molecule has 0 spiro atoms. The van der Waals surface area contributed by atoms with Gasteiger partial charge in [0.2, 0.25) is 5.91 Å². The van der Waals surface area contributed by atoms with E-state index in [0.29, 0.717) is 17.9 Å². The summed E-state index contributed by atoms with van der Waals surface area (Å²) in [6, 6.07) is 7.12. The fraction of sp³-hybridized carbons (Fsp3) is 0.333. The van der Waals surface area contributed by atoms with Crippen LogP contribution in [0.3, 0.4) is 0 Å². The van der Waals surface area contributed by atoms with Gasteiger partial charge in [0, 0.05) is 0 Å². The molecule has 100 valence electrons. The maximum atomic E-state index is 12.3. The van der Waals surface area contributed by atoms with Crippen molar-refractivity contribution in [2.45, 2.75) is 13.3 Å². The molecule has 4 nitrogen and oxygen atoms in total. The minimum atomic E-state index is -0.942. The van der Waals surface area contributed by atoms with Crippen LogP contribution in [0, 0.1) is 11.3 Å². The maximum absolute atomic E-state index is 12.3. The predicted molar refractivity (Wildman–Crippen MR) is 73.0 cm³/mol. The average Bonchev–Trinajstić information content (AvgIpc) is 3.15. The molecule has 2 atom stereocenters. The first-order valence-electron chi connectivity index (χ1n) is 6.14. The first kappa shape index (κ1) is 13.3. The summed E-state index contributed by atoms with van der Waals surface area (Å²) in [5, 5.41) is 2.78. The highest BCUT2D eigenvalue weighted by molar-refractivity contribution is 6.14. The van der Waals surface area contributed by atoms with Crippen LogP contribution in [0.15, 0.2) is 36.9 Å². The van der Waals surface area contributed by atoms with Crippen molar-refractivity contribution in [2.75, 3.05) is 12.4 Å². The van der Waals surface area contributed by atoms with Gasteiger partial charge in [0.05, 0.1) is 12.8 Å². The molecule has 0 aliphatic heterocycles. The monoisotopic (exact) mass is 259 g/mol. The first-order chi connectivity index (χ1) is 9.06. The number of carbonyl (C=O) groups excluding carboxylic acids is 2. The molecule has 1 fully saturated rings. The predicted octanol–water partition coefficient (Wildman–Crippen LogP) is 2.42. The second-order valence-electron chi connectivity index (χ2n) is 4.73. The molecule has 4 heteroatoms. The second-order valence-corrected chi connectivity index (χ2v) is 4.73. The Kier molecular flexibility index (Phi) is 3.42. The molecule has 19 heavy (non-hydrogen) atoms. The van der Waals surface area contributed by atoms with Crippen molar-refractivity contribution in [3.05, 3.63) is 36.9 Å². The summed E-state index contributed by atoms with van der Waals surface area (Å²) in [5.74, 6) is 0.101. The molecule has 2 unspecified atom stereocenters. The summed E-state index contributed by atoms with van der Waals surface area (Å²) >= 11 is 0. The fourth-order valence-electron chi connectivity index (χ4n) is 2.38. The number of Topliss-reactive ketones (excluding diaryl/α,β-unsaturated/α-hetero) is 1. The molecule has 0 saturated heterocycles. The van der Waals surface area contributed by atoms with Crippen LogP contribution in [0.5, 0.6) is 5.75 Å². The number of hydrogen-bond acceptors (Lipinski definition) is 3. The average molecular weight is 259 g/mol. The Morgan fingerprint density at radius 3 is 2.68 bits per heavy atom. The summed E-state index contributed by atoms with van der Waals surface area (Å²) < 4.78 is 5.17. The van der Waals surface area contributed by atoms with Crippen molar-refractivity contribution in [2.24, 2.45) is 11.3 Å². The number of ether oxygens (including phenoxy) is 1. The number of anilines is 1. The van der Waals surface area contributed by atoms with Gasteiger partial charge < -0.3 is 10.1 Å². The third-order valence-corrected chi connectivity index (χ3v) is 3.69. The summed E-state index contributed by atoms with van der Waals surface area (Å²) in [5.41, 5.74) is -0.367. The molecule has 1 aliphatic rings. The van der Waals surface area contributed by atoms with Crippen molar-refractivity contribution >= 4 is 17.4 Å². The van der Waals surface area contributed by atoms with Crippen LogP contribution < -0.4 is 10.1 Å². The van der Waals surface area contributed by atoms with Gasteiger partial charge in [-0.05, 0) is 31.4 Å². The van der Waals surface area contributed by atoms with Crippen LogP contribution in [0.4, 0.5) is 5.69 Å². The number of allylic oxidation sites excluding steroid dienone is 1. The Morgan fingerprint density at radius 2 is 2.16 bits per heavy atom. The Balaban J connectivity index is 2.22. The maximum Gasteiger partial charge on any atom is 0.238 e. The van der Waals surface area contributed by atoms with E-state index in [2.05, 4.69) is 11.9 Å². The molecule has 1 aromatic rings. The SMILES string of the molecule is C=CC1CC1(C(C)=O)C(=O)Nc1ccccc1OC. The normalized spacial score (nSPS) is 24.4. The topological polar surface area (TPSA) is 55.4 Å². The van der Waals surface area contributed by atoms with E-state index in [0.717, 1.165) is 0 Å². The lowest BCUT2D eigenvalue weighted by Crippen LogP contribution is -2.31. The van der Waals surface area contributed by atoms with E-state index in [-0.39, 0.29) is 17.6 Å². The van der Waals surface area contributed by atoms with E-state index in [1.54, 1.807) is 24.3 Å². The van der Waals surface area contributed by atoms with Gasteiger partial charge in [0.1, 0.15) is 16.9 Å². The molecular weight excluding hydrogens is 242 g/mol. The number of amides is 1. The second kappa shape index (κ2) is 4.88. The van der Waals surface area contributed by atoms with E-state index in [1.807, 2.05) is 6.07 Å². The lowest BCUT2D eigenvalue weighted by Gasteiger charge is -2.15. The van der Waals surface area contributed by atoms with E-state index >= 15 is 0 Å². The van der Waals surface area contributed by atoms with Crippen molar-refractivity contribution < 1.29 is 14.3 Å². The Hall–Kier alpha value is -2.10.